The maximum atomic E-state index is 13.3. The number of urea groups is 1. The third-order valence-corrected chi connectivity index (χ3v) is 2.70. The highest BCUT2D eigenvalue weighted by Gasteiger charge is 2.02. The van der Waals surface area contributed by atoms with Crippen molar-refractivity contribution in [1.29, 1.82) is 0 Å². The summed E-state index contributed by atoms with van der Waals surface area (Å²) in [5.74, 6) is -0.236. The summed E-state index contributed by atoms with van der Waals surface area (Å²) in [6, 6.07) is 6.35. The lowest BCUT2D eigenvalue weighted by molar-refractivity contribution is 0.0774. The van der Waals surface area contributed by atoms with E-state index in [4.69, 9.17) is 4.74 Å². The molecule has 0 radical (unpaired) electrons. The van der Waals surface area contributed by atoms with Gasteiger partial charge in [-0.1, -0.05) is 18.2 Å². The number of amides is 2. The number of hydrogen-bond acceptors (Lipinski definition) is 2. The van der Waals surface area contributed by atoms with E-state index in [1.165, 1.54) is 6.07 Å². The minimum atomic E-state index is -0.236. The van der Waals surface area contributed by atoms with E-state index >= 15 is 0 Å². The van der Waals surface area contributed by atoms with Gasteiger partial charge in [0.25, 0.3) is 0 Å². The molecule has 4 nitrogen and oxygen atoms in total. The Hall–Kier alpha value is -1.62. The normalized spacial score (nSPS) is 10.6. The van der Waals surface area contributed by atoms with Crippen molar-refractivity contribution >= 4 is 6.03 Å². The molecule has 0 spiro atoms. The molecular weight excluding hydrogens is 259 g/mol. The molecule has 0 heterocycles. The molecule has 5 heteroatoms. The molecule has 112 valence electrons. The second-order valence-corrected chi connectivity index (χ2v) is 4.80. The van der Waals surface area contributed by atoms with E-state index in [0.29, 0.717) is 31.7 Å². The second kappa shape index (κ2) is 9.31. The Kier molecular flexibility index (Phi) is 7.65. The summed E-state index contributed by atoms with van der Waals surface area (Å²) in [4.78, 5) is 11.5. The van der Waals surface area contributed by atoms with E-state index in [0.717, 1.165) is 6.42 Å². The smallest absolute Gasteiger partial charge is 0.314 e. The van der Waals surface area contributed by atoms with E-state index in [9.17, 15) is 9.18 Å². The van der Waals surface area contributed by atoms with Gasteiger partial charge in [-0.25, -0.2) is 9.18 Å². The summed E-state index contributed by atoms with van der Waals surface area (Å²) in [5, 5.41) is 5.43. The van der Waals surface area contributed by atoms with Gasteiger partial charge in [-0.2, -0.15) is 0 Å². The van der Waals surface area contributed by atoms with Crippen LogP contribution in [0.15, 0.2) is 24.3 Å². The van der Waals surface area contributed by atoms with Crippen LogP contribution in [0.5, 0.6) is 0 Å². The van der Waals surface area contributed by atoms with Crippen molar-refractivity contribution in [1.82, 2.24) is 10.6 Å². The number of carbonyl (C=O) groups excluding carboxylic acids is 1. The number of nitrogens with one attached hydrogen (secondary N) is 2. The molecule has 0 aliphatic carbocycles. The first-order chi connectivity index (χ1) is 9.59. The molecule has 2 amide bonds. The van der Waals surface area contributed by atoms with E-state index in [1.54, 1.807) is 18.2 Å². The molecule has 0 atom stereocenters. The minimum absolute atomic E-state index is 0.213. The first-order valence-electron chi connectivity index (χ1n) is 6.96. The molecule has 0 aromatic heterocycles. The number of ether oxygens (including phenoxy) is 1. The second-order valence-electron chi connectivity index (χ2n) is 4.80. The van der Waals surface area contributed by atoms with Gasteiger partial charge in [0.05, 0.1) is 6.10 Å². The van der Waals surface area contributed by atoms with Crippen LogP contribution in [0.1, 0.15) is 25.8 Å². The highest BCUT2D eigenvalue weighted by atomic mass is 19.1. The van der Waals surface area contributed by atoms with Crippen LogP contribution in [0.2, 0.25) is 0 Å². The fraction of sp³-hybridized carbons (Fsp3) is 0.533. The van der Waals surface area contributed by atoms with Gasteiger partial charge in [-0.15, -0.1) is 0 Å². The lowest BCUT2D eigenvalue weighted by atomic mass is 10.1. The molecule has 0 bridgehead atoms. The van der Waals surface area contributed by atoms with Gasteiger partial charge in [-0.05, 0) is 38.3 Å². The van der Waals surface area contributed by atoms with Crippen LogP contribution in [0, 0.1) is 5.82 Å². The van der Waals surface area contributed by atoms with Crippen LogP contribution < -0.4 is 10.6 Å². The first kappa shape index (κ1) is 16.4. The van der Waals surface area contributed by atoms with Gasteiger partial charge in [0.1, 0.15) is 5.82 Å². The van der Waals surface area contributed by atoms with Crippen LogP contribution >= 0.6 is 0 Å². The maximum absolute atomic E-state index is 13.3. The molecular formula is C15H23FN2O2. The topological polar surface area (TPSA) is 50.4 Å². The van der Waals surface area contributed by atoms with Crippen molar-refractivity contribution in [2.45, 2.75) is 32.8 Å². The van der Waals surface area contributed by atoms with Gasteiger partial charge in [0.15, 0.2) is 0 Å². The van der Waals surface area contributed by atoms with Crippen molar-refractivity contribution in [2.75, 3.05) is 19.7 Å². The van der Waals surface area contributed by atoms with Gasteiger partial charge < -0.3 is 15.4 Å². The van der Waals surface area contributed by atoms with Crippen molar-refractivity contribution < 1.29 is 13.9 Å². The van der Waals surface area contributed by atoms with Crippen molar-refractivity contribution in [3.8, 4) is 0 Å². The molecule has 2 N–H and O–H groups in total. The third-order valence-electron chi connectivity index (χ3n) is 2.70. The Balaban J connectivity index is 2.07. The monoisotopic (exact) mass is 282 g/mol. The van der Waals surface area contributed by atoms with E-state index in [-0.39, 0.29) is 18.0 Å². The summed E-state index contributed by atoms with van der Waals surface area (Å²) in [5.41, 5.74) is 0.609. The van der Waals surface area contributed by atoms with Gasteiger partial charge in [0.2, 0.25) is 0 Å². The lowest BCUT2D eigenvalue weighted by Crippen LogP contribution is -2.37. The summed E-state index contributed by atoms with van der Waals surface area (Å²) < 4.78 is 18.7. The summed E-state index contributed by atoms with van der Waals surface area (Å²) >= 11 is 0. The zero-order valence-corrected chi connectivity index (χ0v) is 12.1. The van der Waals surface area contributed by atoms with Gasteiger partial charge in [-0.3, -0.25) is 0 Å². The first-order valence-corrected chi connectivity index (χ1v) is 6.96. The fourth-order valence-corrected chi connectivity index (χ4v) is 1.67. The van der Waals surface area contributed by atoms with Crippen LogP contribution in [0.4, 0.5) is 9.18 Å². The summed E-state index contributed by atoms with van der Waals surface area (Å²) in [7, 11) is 0. The molecule has 1 rings (SSSR count). The van der Waals surface area contributed by atoms with Crippen LogP contribution in [-0.2, 0) is 11.2 Å². The predicted octanol–water partition coefficient (Wildman–Crippen LogP) is 2.48. The third kappa shape index (κ3) is 7.09. The van der Waals surface area contributed by atoms with Crippen LogP contribution in [0.3, 0.4) is 0 Å². The molecule has 0 aliphatic rings. The Labute approximate surface area is 119 Å². The molecule has 0 fully saturated rings. The number of rotatable bonds is 8. The average molecular weight is 282 g/mol. The fourth-order valence-electron chi connectivity index (χ4n) is 1.67. The predicted molar refractivity (Wildman–Crippen MR) is 77.2 cm³/mol. The Morgan fingerprint density at radius 3 is 2.65 bits per heavy atom. The largest absolute Gasteiger partial charge is 0.379 e. The lowest BCUT2D eigenvalue weighted by Gasteiger charge is -2.09. The molecule has 0 unspecified atom stereocenters. The van der Waals surface area contributed by atoms with E-state index < -0.39 is 0 Å². The quantitative estimate of drug-likeness (QED) is 0.720. The average Bonchev–Trinajstić information content (AvgIpc) is 2.40. The van der Waals surface area contributed by atoms with Crippen LogP contribution in [0.25, 0.3) is 0 Å². The van der Waals surface area contributed by atoms with Crippen LogP contribution in [-0.4, -0.2) is 31.8 Å². The van der Waals surface area contributed by atoms with Crippen molar-refractivity contribution in [2.24, 2.45) is 0 Å². The van der Waals surface area contributed by atoms with E-state index in [2.05, 4.69) is 10.6 Å². The molecule has 0 saturated heterocycles. The molecule has 0 aliphatic heterocycles. The Morgan fingerprint density at radius 1 is 1.25 bits per heavy atom. The number of benzene rings is 1. The van der Waals surface area contributed by atoms with Crippen molar-refractivity contribution in [3.63, 3.8) is 0 Å². The number of hydrogen-bond donors (Lipinski definition) is 2. The Morgan fingerprint density at radius 2 is 1.95 bits per heavy atom. The number of carbonyl (C=O) groups is 1. The van der Waals surface area contributed by atoms with E-state index in [1.807, 2.05) is 13.8 Å². The molecule has 1 aromatic carbocycles. The zero-order chi connectivity index (χ0) is 14.8. The molecule has 20 heavy (non-hydrogen) atoms. The summed E-state index contributed by atoms with van der Waals surface area (Å²) in [6.07, 6.45) is 1.47. The molecule has 0 saturated carbocycles. The summed E-state index contributed by atoms with van der Waals surface area (Å²) in [6.45, 7) is 5.56. The van der Waals surface area contributed by atoms with Crippen molar-refractivity contribution in [3.05, 3.63) is 35.6 Å². The van der Waals surface area contributed by atoms with Gasteiger partial charge >= 0.3 is 6.03 Å². The minimum Gasteiger partial charge on any atom is -0.379 e. The SMILES string of the molecule is CC(C)OCCCNC(=O)NCCc1ccccc1F. The maximum Gasteiger partial charge on any atom is 0.314 e. The van der Waals surface area contributed by atoms with Gasteiger partial charge in [0, 0.05) is 19.7 Å². The zero-order valence-electron chi connectivity index (χ0n) is 12.1. The number of halogens is 1. The highest BCUT2D eigenvalue weighted by Crippen LogP contribution is 2.05. The highest BCUT2D eigenvalue weighted by molar-refractivity contribution is 5.73. The standard InChI is InChI=1S/C15H23FN2O2/c1-12(2)20-11-5-9-17-15(19)18-10-8-13-6-3-4-7-14(13)16/h3-4,6-7,12H,5,8-11H2,1-2H3,(H2,17,18,19). The molecule has 1 aromatic rings. The Bertz CT molecular complexity index is 411.